The van der Waals surface area contributed by atoms with Gasteiger partial charge in [0.1, 0.15) is 23.9 Å². The van der Waals surface area contributed by atoms with Gasteiger partial charge in [-0.05, 0) is 47.4 Å². The molecule has 3 heterocycles. The van der Waals surface area contributed by atoms with Crippen molar-refractivity contribution in [1.29, 1.82) is 0 Å². The van der Waals surface area contributed by atoms with Crippen molar-refractivity contribution in [2.75, 3.05) is 7.11 Å². The van der Waals surface area contributed by atoms with Gasteiger partial charge in [-0.2, -0.15) is 0 Å². The number of nitrogens with zero attached hydrogens (tertiary/aromatic N) is 2. The highest BCUT2D eigenvalue weighted by Crippen LogP contribution is 2.45. The van der Waals surface area contributed by atoms with E-state index in [0.717, 1.165) is 11.1 Å². The summed E-state index contributed by atoms with van der Waals surface area (Å²) >= 11 is 0. The Labute approximate surface area is 209 Å². The molecule has 0 spiro atoms. The van der Waals surface area contributed by atoms with Crippen molar-refractivity contribution in [3.63, 3.8) is 0 Å². The highest BCUT2D eigenvalue weighted by atomic mass is 19.1. The van der Waals surface area contributed by atoms with Gasteiger partial charge in [0.2, 0.25) is 17.7 Å². The quantitative estimate of drug-likeness (QED) is 0.465. The van der Waals surface area contributed by atoms with E-state index >= 15 is 0 Å². The Bertz CT molecular complexity index is 1290. The maximum atomic E-state index is 14.9. The number of esters is 1. The molecule has 0 saturated heterocycles. The zero-order chi connectivity index (χ0) is 26.2. The Morgan fingerprint density at radius 1 is 1.17 bits per heavy atom. The third kappa shape index (κ3) is 4.66. The second kappa shape index (κ2) is 9.87. The Hall–Kier alpha value is -3.49. The van der Waals surface area contributed by atoms with Crippen molar-refractivity contribution < 1.29 is 27.6 Å². The number of aryl methyl sites for hydroxylation is 1. The number of amides is 1. The van der Waals surface area contributed by atoms with Crippen LogP contribution in [0.15, 0.2) is 27.2 Å². The molecule has 36 heavy (non-hydrogen) atoms. The van der Waals surface area contributed by atoms with Crippen molar-refractivity contribution in [2.45, 2.75) is 72.3 Å². The number of methoxy groups -OCH3 is 1. The van der Waals surface area contributed by atoms with E-state index in [0.29, 0.717) is 42.2 Å². The van der Waals surface area contributed by atoms with Crippen LogP contribution in [0.4, 0.5) is 4.39 Å². The van der Waals surface area contributed by atoms with Crippen molar-refractivity contribution >= 4 is 11.9 Å². The molecular formula is C27H32FN3O5. The van der Waals surface area contributed by atoms with E-state index in [1.54, 1.807) is 0 Å². The summed E-state index contributed by atoms with van der Waals surface area (Å²) in [7, 11) is 1.26. The molecule has 1 aliphatic carbocycles. The fraction of sp³-hybridized carbons (Fsp3) is 0.481. The summed E-state index contributed by atoms with van der Waals surface area (Å²) in [4.78, 5) is 33.7. The zero-order valence-electron chi connectivity index (χ0n) is 21.5. The number of fused-ring (bicyclic) bond motifs is 4. The van der Waals surface area contributed by atoms with Crippen LogP contribution < -0.4 is 5.32 Å². The van der Waals surface area contributed by atoms with Crippen LogP contribution in [0.25, 0.3) is 11.6 Å². The minimum Gasteiger partial charge on any atom is -0.464 e. The number of nitrogens with one attached hydrogen (secondary N) is 1. The minimum absolute atomic E-state index is 0.00624. The first-order chi connectivity index (χ1) is 17.2. The van der Waals surface area contributed by atoms with E-state index in [2.05, 4.69) is 10.3 Å². The summed E-state index contributed by atoms with van der Waals surface area (Å²) < 4.78 is 31.6. The SMILES string of the molecule is CC.COC(=O)c1coc(-c2nc3oc2C2CCc4c(F)cc(cc42)CCC(=O)N[C@H]3C(C)(C)C)n1. The predicted molar refractivity (Wildman–Crippen MR) is 130 cm³/mol. The third-order valence-corrected chi connectivity index (χ3v) is 6.49. The molecular weight excluding hydrogens is 465 g/mol. The Morgan fingerprint density at radius 3 is 2.61 bits per heavy atom. The number of carbonyl (C=O) groups is 2. The van der Waals surface area contributed by atoms with E-state index in [4.69, 9.17) is 18.6 Å². The molecule has 1 aliphatic heterocycles. The number of aromatic nitrogens is 2. The second-order valence-electron chi connectivity index (χ2n) is 9.90. The lowest BCUT2D eigenvalue weighted by Crippen LogP contribution is -2.37. The largest absolute Gasteiger partial charge is 0.464 e. The van der Waals surface area contributed by atoms with Gasteiger partial charge in [0.25, 0.3) is 0 Å². The van der Waals surface area contributed by atoms with Crippen LogP contribution >= 0.6 is 0 Å². The second-order valence-corrected chi connectivity index (χ2v) is 9.90. The van der Waals surface area contributed by atoms with Gasteiger partial charge >= 0.3 is 5.97 Å². The molecule has 1 N–H and O–H groups in total. The van der Waals surface area contributed by atoms with Crippen LogP contribution in [0.5, 0.6) is 0 Å². The first-order valence-electron chi connectivity index (χ1n) is 12.3. The Kier molecular flexibility index (Phi) is 7.02. The van der Waals surface area contributed by atoms with Gasteiger partial charge in [0.15, 0.2) is 11.4 Å². The molecule has 1 aromatic carbocycles. The number of oxazole rings is 2. The smallest absolute Gasteiger partial charge is 0.360 e. The van der Waals surface area contributed by atoms with Gasteiger partial charge < -0.3 is 18.9 Å². The molecule has 3 aromatic rings. The molecule has 0 saturated carbocycles. The van der Waals surface area contributed by atoms with Gasteiger partial charge in [-0.1, -0.05) is 40.7 Å². The van der Waals surface area contributed by atoms with Crippen LogP contribution in [0.1, 0.15) is 98.2 Å². The summed E-state index contributed by atoms with van der Waals surface area (Å²) in [5, 5.41) is 3.04. The number of hydrogen-bond donors (Lipinski definition) is 1. The Morgan fingerprint density at radius 2 is 1.92 bits per heavy atom. The van der Waals surface area contributed by atoms with Crippen LogP contribution in [0.3, 0.4) is 0 Å². The fourth-order valence-corrected chi connectivity index (χ4v) is 4.73. The molecule has 192 valence electrons. The number of benzene rings is 1. The molecule has 2 aromatic heterocycles. The monoisotopic (exact) mass is 497 g/mol. The summed E-state index contributed by atoms with van der Waals surface area (Å²) in [6, 6.07) is 2.95. The van der Waals surface area contributed by atoms with E-state index in [-0.39, 0.29) is 35.6 Å². The van der Waals surface area contributed by atoms with Crippen molar-refractivity contribution in [3.05, 3.63) is 58.2 Å². The third-order valence-electron chi connectivity index (χ3n) is 6.49. The van der Waals surface area contributed by atoms with Gasteiger partial charge in [-0.25, -0.2) is 19.2 Å². The molecule has 2 aliphatic rings. The topological polar surface area (TPSA) is 107 Å². The highest BCUT2D eigenvalue weighted by Gasteiger charge is 2.39. The molecule has 9 heteroatoms. The van der Waals surface area contributed by atoms with Gasteiger partial charge in [0.05, 0.1) is 7.11 Å². The van der Waals surface area contributed by atoms with E-state index in [9.17, 15) is 14.0 Å². The number of carbonyl (C=O) groups excluding carboxylic acids is 2. The molecule has 0 fully saturated rings. The average molecular weight is 498 g/mol. The van der Waals surface area contributed by atoms with Crippen LogP contribution in [-0.2, 0) is 22.4 Å². The molecule has 8 nitrogen and oxygen atoms in total. The first kappa shape index (κ1) is 25.6. The van der Waals surface area contributed by atoms with Crippen molar-refractivity contribution in [3.8, 4) is 11.6 Å². The number of rotatable bonds is 2. The van der Waals surface area contributed by atoms with Crippen molar-refractivity contribution in [2.24, 2.45) is 5.41 Å². The highest BCUT2D eigenvalue weighted by molar-refractivity contribution is 5.87. The van der Waals surface area contributed by atoms with E-state index < -0.39 is 17.4 Å². The van der Waals surface area contributed by atoms with Crippen LogP contribution in [0.2, 0.25) is 0 Å². The van der Waals surface area contributed by atoms with Crippen molar-refractivity contribution in [1.82, 2.24) is 15.3 Å². The fourth-order valence-electron chi connectivity index (χ4n) is 4.73. The average Bonchev–Trinajstić information content (AvgIpc) is 3.58. The van der Waals surface area contributed by atoms with E-state index in [1.807, 2.05) is 40.7 Å². The maximum Gasteiger partial charge on any atom is 0.360 e. The first-order valence-corrected chi connectivity index (χ1v) is 12.3. The summed E-state index contributed by atoms with van der Waals surface area (Å²) in [5.74, 6) is -0.450. The molecule has 2 atom stereocenters. The lowest BCUT2D eigenvalue weighted by atomic mass is 9.86. The van der Waals surface area contributed by atoms with E-state index in [1.165, 1.54) is 19.4 Å². The van der Waals surface area contributed by atoms with Gasteiger partial charge in [-0.3, -0.25) is 4.79 Å². The molecule has 4 bridgehead atoms. The summed E-state index contributed by atoms with van der Waals surface area (Å²) in [5.41, 5.74) is 2.16. The van der Waals surface area contributed by atoms with Crippen LogP contribution in [0, 0.1) is 11.2 Å². The minimum atomic E-state index is -0.635. The van der Waals surface area contributed by atoms with Gasteiger partial charge in [-0.15, -0.1) is 0 Å². The molecule has 5 rings (SSSR count). The molecule has 1 unspecified atom stereocenters. The number of halogens is 1. The molecule has 1 amide bonds. The summed E-state index contributed by atoms with van der Waals surface area (Å²) in [6.07, 6.45) is 3.05. The van der Waals surface area contributed by atoms with Gasteiger partial charge in [0, 0.05) is 12.3 Å². The number of hydrogen-bond acceptors (Lipinski definition) is 7. The normalized spacial score (nSPS) is 18.9. The summed E-state index contributed by atoms with van der Waals surface area (Å²) in [6.45, 7) is 9.96. The van der Waals surface area contributed by atoms with Crippen LogP contribution in [-0.4, -0.2) is 29.0 Å². The predicted octanol–water partition coefficient (Wildman–Crippen LogP) is 5.51. The zero-order valence-corrected chi connectivity index (χ0v) is 21.5. The molecule has 0 radical (unpaired) electrons. The Balaban J connectivity index is 0.00000148. The standard InChI is InChI=1S/C25H26FN3O5.C2H6/c1-25(2,3)21-23-29-19(22-27-17(11-33-22)24(31)32-4)20(34-23)14-7-6-13-15(14)9-12(10-16(13)26)5-8-18(30)28-21;1-2/h9-11,14,21H,5-8H2,1-4H3,(H,28,30);1-2H3/t14?,21-;/m1./s1. The maximum absolute atomic E-state index is 14.9. The number of ether oxygens (including phenoxy) is 1. The lowest BCUT2D eigenvalue weighted by Gasteiger charge is -2.29. The lowest BCUT2D eigenvalue weighted by molar-refractivity contribution is -0.122.